The molecule has 9 atom stereocenters. The van der Waals surface area contributed by atoms with E-state index in [0.29, 0.717) is 32.4 Å². The molecular weight excluding hydrogens is 810 g/mol. The molecule has 352 valence electrons. The molecule has 4 fully saturated rings. The largest absolute Gasteiger partial charge is 0.459 e. The molecule has 2 saturated carbocycles. The van der Waals surface area contributed by atoms with Gasteiger partial charge in [0.2, 0.25) is 6.41 Å². The van der Waals surface area contributed by atoms with Gasteiger partial charge in [-0.15, -0.1) is 0 Å². The number of fused-ring (bicyclic) bond motifs is 1. The highest BCUT2D eigenvalue weighted by molar-refractivity contribution is 5.87. The number of hydrogen-bond acceptors (Lipinski definition) is 16. The highest BCUT2D eigenvalue weighted by atomic mass is 16.7. The lowest BCUT2D eigenvalue weighted by Crippen LogP contribution is -2.55. The van der Waals surface area contributed by atoms with Gasteiger partial charge < -0.3 is 64.7 Å². The number of amides is 3. The summed E-state index contributed by atoms with van der Waals surface area (Å²) in [5, 5.41) is 22.8. The molecule has 2 aliphatic carbocycles. The first-order chi connectivity index (χ1) is 28.8. The quantitative estimate of drug-likeness (QED) is 0.0357. The molecule has 2 saturated heterocycles. The Kier molecular flexibility index (Phi) is 17.2. The van der Waals surface area contributed by atoms with E-state index in [9.17, 15) is 29.1 Å². The Balaban J connectivity index is 1.18. The molecule has 4 rings (SSSR count). The van der Waals surface area contributed by atoms with Crippen molar-refractivity contribution in [1.29, 1.82) is 0 Å². The van der Waals surface area contributed by atoms with Crippen molar-refractivity contribution >= 4 is 30.2 Å². The third kappa shape index (κ3) is 15.1. The average molecular weight is 882 g/mol. The summed E-state index contributed by atoms with van der Waals surface area (Å²) in [4.78, 5) is 61.1. The van der Waals surface area contributed by atoms with Crippen molar-refractivity contribution in [1.82, 2.24) is 21.3 Å². The molecule has 2 aliphatic heterocycles. The zero-order valence-corrected chi connectivity index (χ0v) is 37.8. The number of carbonyl (C=O) groups excluding carboxylic acids is 5. The van der Waals surface area contributed by atoms with Crippen LogP contribution in [0.4, 0.5) is 14.4 Å². The fourth-order valence-electron chi connectivity index (χ4n) is 9.92. The lowest BCUT2D eigenvalue weighted by molar-refractivity contribution is -0.178. The lowest BCUT2D eigenvalue weighted by Gasteiger charge is -2.47. The zero-order valence-electron chi connectivity index (χ0n) is 37.8. The van der Waals surface area contributed by atoms with Crippen molar-refractivity contribution in [2.75, 3.05) is 59.3 Å². The molecule has 6 unspecified atom stereocenters. The molecule has 0 bridgehead atoms. The van der Waals surface area contributed by atoms with Crippen LogP contribution in [-0.4, -0.2) is 131 Å². The van der Waals surface area contributed by atoms with Crippen molar-refractivity contribution in [3.05, 3.63) is 24.3 Å². The molecule has 0 radical (unpaired) electrons. The Labute approximate surface area is 365 Å². The summed E-state index contributed by atoms with van der Waals surface area (Å²) in [6.07, 6.45) is -0.426. The first-order valence-corrected chi connectivity index (χ1v) is 21.4. The van der Waals surface area contributed by atoms with E-state index < -0.39 is 60.5 Å². The molecule has 0 aromatic rings. The number of carbonyl (C=O) groups is 5. The van der Waals surface area contributed by atoms with Crippen LogP contribution >= 0.6 is 0 Å². The molecule has 0 aromatic heterocycles. The van der Waals surface area contributed by atoms with Crippen molar-refractivity contribution in [3.63, 3.8) is 0 Å². The number of nitrogens with one attached hydrogen (secondary N) is 4. The van der Waals surface area contributed by atoms with E-state index >= 15 is 0 Å². The van der Waals surface area contributed by atoms with Gasteiger partial charge in [-0.3, -0.25) is 5.32 Å². The topological polar surface area (TPSA) is 254 Å². The van der Waals surface area contributed by atoms with Crippen molar-refractivity contribution in [2.24, 2.45) is 33.3 Å². The van der Waals surface area contributed by atoms with E-state index in [4.69, 9.17) is 43.6 Å². The summed E-state index contributed by atoms with van der Waals surface area (Å²) in [5.41, 5.74) is 4.92. The van der Waals surface area contributed by atoms with Crippen molar-refractivity contribution in [3.8, 4) is 0 Å². The molecule has 19 heteroatoms. The van der Waals surface area contributed by atoms with Gasteiger partial charge in [0, 0.05) is 36.3 Å². The molecule has 4 aliphatic rings. The Morgan fingerprint density at radius 3 is 1.69 bits per heavy atom. The van der Waals surface area contributed by atoms with Crippen molar-refractivity contribution in [2.45, 2.75) is 130 Å². The number of aliphatic hydroxyl groups excluding tert-OH is 1. The molecule has 0 spiro atoms. The van der Waals surface area contributed by atoms with E-state index in [1.54, 1.807) is 0 Å². The summed E-state index contributed by atoms with van der Waals surface area (Å²) in [5.74, 6) is -1.61. The average Bonchev–Trinajstić information content (AvgIpc) is 3.64. The normalized spacial score (nSPS) is 31.4. The van der Waals surface area contributed by atoms with E-state index in [2.05, 4.69) is 69.0 Å². The van der Waals surface area contributed by atoms with E-state index in [1.807, 2.05) is 6.92 Å². The van der Waals surface area contributed by atoms with E-state index in [0.717, 1.165) is 19.3 Å². The smallest absolute Gasteiger partial charge is 0.407 e. The monoisotopic (exact) mass is 881 g/mol. The van der Waals surface area contributed by atoms with Crippen LogP contribution < -0.4 is 27.0 Å². The number of ether oxygens (including phenoxy) is 8. The second kappa shape index (κ2) is 21.1. The Hall–Kier alpha value is -4.01. The molecule has 2 heterocycles. The number of aliphatic hydroxyl groups is 1. The molecular formula is C43H71N5O14. The highest BCUT2D eigenvalue weighted by Crippen LogP contribution is 2.47. The minimum Gasteiger partial charge on any atom is -0.459 e. The summed E-state index contributed by atoms with van der Waals surface area (Å²) in [6.45, 7) is 23.1. The Bertz CT molecular complexity index is 1640. The SMILES string of the molecule is C=C(C)C(=O)OCCOC(=O)NC1CC(C)(C)CC(C)(CNC(=O)OCC2CO[C@@H]3[C@@H](OC(O)NCC4(C)CC(NC(=O)OCCOC(=O)C(=C)C)CC(C)(C)C4)CO[C@]23N)C1. The number of alkyl carbamates (subject to hydrolysis) is 3. The minimum absolute atomic E-state index is 0.0484. The number of hydrogen-bond donors (Lipinski definition) is 6. The van der Waals surface area contributed by atoms with Crippen LogP contribution in [0.1, 0.15) is 93.9 Å². The second-order valence-corrected chi connectivity index (χ2v) is 19.9. The van der Waals surface area contributed by atoms with Crippen LogP contribution in [0.15, 0.2) is 24.3 Å². The third-order valence-electron chi connectivity index (χ3n) is 11.8. The highest BCUT2D eigenvalue weighted by Gasteiger charge is 2.59. The van der Waals surface area contributed by atoms with Gasteiger partial charge in [0.05, 0.1) is 19.1 Å². The van der Waals surface area contributed by atoms with Gasteiger partial charge in [-0.2, -0.15) is 0 Å². The number of esters is 2. The molecule has 19 nitrogen and oxygen atoms in total. The standard InChI is InChI=1S/C43H71N5O14/c1-26(2)33(49)55-11-13-57-37(53)47-29-15-39(5,6)22-41(9,17-29)24-45-35(51)60-20-28-19-59-32-31(21-61-43(28,32)44)62-36(52)46-25-42(10)18-30(16-40(7,8)23-42)48-38(54)58-14-12-56-34(50)27(3)4/h28-32,36,46,52H,1,3,11-25,44H2,2,4-10H3,(H,45,51)(H,47,53)(H,48,54)/t28?,29?,30?,31-,32+,36?,41?,42?,43+/m0/s1. The molecule has 62 heavy (non-hydrogen) atoms. The summed E-state index contributed by atoms with van der Waals surface area (Å²) < 4.78 is 43.9. The third-order valence-corrected chi connectivity index (χ3v) is 11.8. The summed E-state index contributed by atoms with van der Waals surface area (Å²) in [6, 6.07) is -0.410. The van der Waals surface area contributed by atoms with E-state index in [1.165, 1.54) is 13.8 Å². The maximum absolute atomic E-state index is 13.0. The lowest BCUT2D eigenvalue weighted by atomic mass is 9.62. The van der Waals surface area contributed by atoms with Crippen molar-refractivity contribution < 1.29 is 67.0 Å². The van der Waals surface area contributed by atoms with Crippen LogP contribution in [0.25, 0.3) is 0 Å². The van der Waals surface area contributed by atoms with Gasteiger partial charge in [0.1, 0.15) is 45.2 Å². The zero-order chi connectivity index (χ0) is 46.1. The van der Waals surface area contributed by atoms with Crippen LogP contribution in [0, 0.1) is 27.6 Å². The Morgan fingerprint density at radius 1 is 0.710 bits per heavy atom. The summed E-state index contributed by atoms with van der Waals surface area (Å²) >= 11 is 0. The van der Waals surface area contributed by atoms with Gasteiger partial charge in [-0.25, -0.2) is 24.0 Å². The maximum Gasteiger partial charge on any atom is 0.407 e. The van der Waals surface area contributed by atoms with Gasteiger partial charge in [-0.05, 0) is 74.0 Å². The molecule has 3 amide bonds. The minimum atomic E-state index is -1.37. The maximum atomic E-state index is 13.0. The van der Waals surface area contributed by atoms with E-state index in [-0.39, 0.29) is 91.1 Å². The van der Waals surface area contributed by atoms with Crippen LogP contribution in [0.2, 0.25) is 0 Å². The predicted molar refractivity (Wildman–Crippen MR) is 224 cm³/mol. The number of nitrogens with two attached hydrogens (primary N) is 1. The first kappa shape index (κ1) is 50.6. The summed E-state index contributed by atoms with van der Waals surface area (Å²) in [7, 11) is 0. The van der Waals surface area contributed by atoms with Gasteiger partial charge in [0.15, 0.2) is 5.72 Å². The van der Waals surface area contributed by atoms with Gasteiger partial charge >= 0.3 is 30.2 Å². The molecule has 7 N–H and O–H groups in total. The first-order valence-electron chi connectivity index (χ1n) is 21.4. The fourth-order valence-corrected chi connectivity index (χ4v) is 9.92. The van der Waals surface area contributed by atoms with Crippen LogP contribution in [-0.2, 0) is 47.5 Å². The van der Waals surface area contributed by atoms with Crippen LogP contribution in [0.3, 0.4) is 0 Å². The predicted octanol–water partition coefficient (Wildman–Crippen LogP) is 3.52. The van der Waals surface area contributed by atoms with Gasteiger partial charge in [0.25, 0.3) is 0 Å². The fraction of sp³-hybridized carbons (Fsp3) is 0.791. The van der Waals surface area contributed by atoms with Gasteiger partial charge in [-0.1, -0.05) is 54.7 Å². The molecule has 0 aromatic carbocycles. The Morgan fingerprint density at radius 2 is 1.19 bits per heavy atom. The second-order valence-electron chi connectivity index (χ2n) is 19.9. The number of rotatable bonds is 19. The van der Waals surface area contributed by atoms with Crippen LogP contribution in [0.5, 0.6) is 0 Å².